The van der Waals surface area contributed by atoms with Gasteiger partial charge < -0.3 is 10.6 Å². The molecule has 0 bridgehead atoms. The Morgan fingerprint density at radius 2 is 2.24 bits per heavy atom. The predicted molar refractivity (Wildman–Crippen MR) is 77.4 cm³/mol. The number of hydrogen-bond acceptors (Lipinski definition) is 4. The summed E-state index contributed by atoms with van der Waals surface area (Å²) < 4.78 is 14.0. The zero-order valence-corrected chi connectivity index (χ0v) is 11.6. The van der Waals surface area contributed by atoms with Gasteiger partial charge in [0.25, 0.3) is 0 Å². The monoisotopic (exact) mass is 286 g/mol. The van der Waals surface area contributed by atoms with Gasteiger partial charge in [-0.15, -0.1) is 0 Å². The van der Waals surface area contributed by atoms with E-state index in [1.807, 2.05) is 0 Å². The first-order chi connectivity index (χ1) is 10.1. The lowest BCUT2D eigenvalue weighted by atomic mass is 10.0. The van der Waals surface area contributed by atoms with Gasteiger partial charge in [0, 0.05) is 18.3 Å². The molecule has 0 saturated carbocycles. The van der Waals surface area contributed by atoms with E-state index >= 15 is 0 Å². The Labute approximate surface area is 121 Å². The van der Waals surface area contributed by atoms with Crippen molar-refractivity contribution in [3.05, 3.63) is 47.3 Å². The topological polar surface area (TPSA) is 66.9 Å². The molecule has 2 aromatic rings. The molecule has 3 rings (SSSR count). The summed E-state index contributed by atoms with van der Waals surface area (Å²) in [6.45, 7) is 2.20. The Morgan fingerprint density at radius 3 is 3.05 bits per heavy atom. The van der Waals surface area contributed by atoms with E-state index in [1.54, 1.807) is 25.3 Å². The smallest absolute Gasteiger partial charge is 0.224 e. The van der Waals surface area contributed by atoms with Crippen LogP contribution in [0.5, 0.6) is 0 Å². The van der Waals surface area contributed by atoms with Crippen molar-refractivity contribution in [2.45, 2.75) is 26.3 Å². The van der Waals surface area contributed by atoms with Crippen molar-refractivity contribution < 1.29 is 9.18 Å². The Balaban J connectivity index is 1.79. The summed E-state index contributed by atoms with van der Waals surface area (Å²) in [5, 5.41) is 5.77. The van der Waals surface area contributed by atoms with Crippen LogP contribution in [0.3, 0.4) is 0 Å². The van der Waals surface area contributed by atoms with Gasteiger partial charge in [-0.25, -0.2) is 14.4 Å². The minimum atomic E-state index is -0.323. The van der Waals surface area contributed by atoms with Gasteiger partial charge in [0.1, 0.15) is 11.6 Å². The molecule has 0 unspecified atom stereocenters. The van der Waals surface area contributed by atoms with Gasteiger partial charge in [0.2, 0.25) is 5.91 Å². The summed E-state index contributed by atoms with van der Waals surface area (Å²) in [5.41, 5.74) is 2.64. The molecule has 0 radical (unpaired) electrons. The molecule has 0 spiro atoms. The number of amides is 1. The molecule has 0 saturated heterocycles. The molecule has 108 valence electrons. The molecule has 21 heavy (non-hydrogen) atoms. The molecular formula is C15H15FN4O. The van der Waals surface area contributed by atoms with E-state index in [1.165, 1.54) is 6.07 Å². The third-order valence-corrected chi connectivity index (χ3v) is 3.38. The standard InChI is InChI=1S/C15H15FN4O/c1-9-17-5-4-11(19-9)8-18-14-7-13-10(6-12(14)16)2-3-15(21)20-13/h4-7,18H,2-3,8H2,1H3,(H,20,21). The highest BCUT2D eigenvalue weighted by atomic mass is 19.1. The zero-order chi connectivity index (χ0) is 14.8. The van der Waals surface area contributed by atoms with Crippen molar-refractivity contribution in [1.82, 2.24) is 9.97 Å². The quantitative estimate of drug-likeness (QED) is 0.909. The van der Waals surface area contributed by atoms with Crippen LogP contribution in [0.2, 0.25) is 0 Å². The highest BCUT2D eigenvalue weighted by Crippen LogP contribution is 2.28. The van der Waals surface area contributed by atoms with Gasteiger partial charge >= 0.3 is 0 Å². The fraction of sp³-hybridized carbons (Fsp3) is 0.267. The van der Waals surface area contributed by atoms with E-state index in [-0.39, 0.29) is 11.7 Å². The third kappa shape index (κ3) is 2.99. The number of rotatable bonds is 3. The number of fused-ring (bicyclic) bond motifs is 1. The number of aromatic nitrogens is 2. The number of benzene rings is 1. The maximum atomic E-state index is 14.0. The highest BCUT2D eigenvalue weighted by molar-refractivity contribution is 5.94. The van der Waals surface area contributed by atoms with Crippen molar-refractivity contribution in [3.63, 3.8) is 0 Å². The summed E-state index contributed by atoms with van der Waals surface area (Å²) in [6.07, 6.45) is 2.64. The van der Waals surface area contributed by atoms with E-state index in [2.05, 4.69) is 20.6 Å². The van der Waals surface area contributed by atoms with Gasteiger partial charge in [-0.1, -0.05) is 0 Å². The Kier molecular flexibility index (Phi) is 3.51. The first-order valence-electron chi connectivity index (χ1n) is 6.76. The Hall–Kier alpha value is -2.50. The van der Waals surface area contributed by atoms with Crippen LogP contribution in [-0.4, -0.2) is 15.9 Å². The maximum Gasteiger partial charge on any atom is 0.224 e. The van der Waals surface area contributed by atoms with Crippen molar-refractivity contribution >= 4 is 17.3 Å². The molecule has 0 atom stereocenters. The average molecular weight is 286 g/mol. The van der Waals surface area contributed by atoms with E-state index in [0.717, 1.165) is 11.3 Å². The lowest BCUT2D eigenvalue weighted by Crippen LogP contribution is -2.19. The molecule has 0 aliphatic carbocycles. The van der Waals surface area contributed by atoms with E-state index < -0.39 is 0 Å². The Bertz CT molecular complexity index is 702. The van der Waals surface area contributed by atoms with Crippen LogP contribution in [-0.2, 0) is 17.8 Å². The van der Waals surface area contributed by atoms with Crippen LogP contribution in [0.25, 0.3) is 0 Å². The second-order valence-corrected chi connectivity index (χ2v) is 4.99. The summed E-state index contributed by atoms with van der Waals surface area (Å²) in [7, 11) is 0. The SMILES string of the molecule is Cc1nccc(CNc2cc3c(cc2F)CCC(=O)N3)n1. The van der Waals surface area contributed by atoms with E-state index in [0.29, 0.717) is 36.6 Å². The van der Waals surface area contributed by atoms with Crippen LogP contribution in [0.15, 0.2) is 24.4 Å². The molecule has 1 aliphatic heterocycles. The van der Waals surface area contributed by atoms with Gasteiger partial charge in [-0.05, 0) is 37.1 Å². The molecule has 5 nitrogen and oxygen atoms in total. The van der Waals surface area contributed by atoms with Crippen LogP contribution in [0, 0.1) is 12.7 Å². The summed E-state index contributed by atoms with van der Waals surface area (Å²) >= 11 is 0. The average Bonchev–Trinajstić information content (AvgIpc) is 2.45. The zero-order valence-electron chi connectivity index (χ0n) is 11.6. The lowest BCUT2D eigenvalue weighted by Gasteiger charge is -2.18. The van der Waals surface area contributed by atoms with Crippen LogP contribution in [0.1, 0.15) is 23.5 Å². The van der Waals surface area contributed by atoms with Crippen LogP contribution in [0.4, 0.5) is 15.8 Å². The summed E-state index contributed by atoms with van der Waals surface area (Å²) in [5.74, 6) is 0.314. The molecule has 1 aliphatic rings. The maximum absolute atomic E-state index is 14.0. The predicted octanol–water partition coefficient (Wildman–Crippen LogP) is 2.42. The summed E-state index contributed by atoms with van der Waals surface area (Å²) in [4.78, 5) is 19.7. The van der Waals surface area contributed by atoms with Crippen molar-refractivity contribution in [2.75, 3.05) is 10.6 Å². The molecule has 6 heteroatoms. The van der Waals surface area contributed by atoms with Gasteiger partial charge in [-0.3, -0.25) is 4.79 Å². The second-order valence-electron chi connectivity index (χ2n) is 4.99. The van der Waals surface area contributed by atoms with E-state index in [9.17, 15) is 9.18 Å². The molecule has 2 heterocycles. The lowest BCUT2D eigenvalue weighted by molar-refractivity contribution is -0.116. The fourth-order valence-electron chi connectivity index (χ4n) is 2.32. The van der Waals surface area contributed by atoms with Crippen molar-refractivity contribution in [3.8, 4) is 0 Å². The van der Waals surface area contributed by atoms with Gasteiger partial charge in [-0.2, -0.15) is 0 Å². The minimum absolute atomic E-state index is 0.0357. The number of anilines is 2. The Morgan fingerprint density at radius 1 is 1.38 bits per heavy atom. The molecule has 2 N–H and O–H groups in total. The first-order valence-corrected chi connectivity index (χ1v) is 6.76. The normalized spacial score (nSPS) is 13.5. The summed E-state index contributed by atoms with van der Waals surface area (Å²) in [6, 6.07) is 4.89. The number of hydrogen-bond donors (Lipinski definition) is 2. The highest BCUT2D eigenvalue weighted by Gasteiger charge is 2.17. The number of nitrogens with zero attached hydrogens (tertiary/aromatic N) is 2. The largest absolute Gasteiger partial charge is 0.377 e. The van der Waals surface area contributed by atoms with Gasteiger partial charge in [0.05, 0.1) is 17.9 Å². The number of halogens is 1. The second kappa shape index (κ2) is 5.47. The minimum Gasteiger partial charge on any atom is -0.377 e. The number of aryl methyl sites for hydroxylation is 2. The first kappa shape index (κ1) is 13.5. The number of carbonyl (C=O) groups excluding carboxylic acids is 1. The molecule has 1 aromatic heterocycles. The number of nitrogens with one attached hydrogen (secondary N) is 2. The molecule has 1 aromatic carbocycles. The number of carbonyl (C=O) groups is 1. The van der Waals surface area contributed by atoms with Crippen LogP contribution >= 0.6 is 0 Å². The van der Waals surface area contributed by atoms with E-state index in [4.69, 9.17) is 0 Å². The van der Waals surface area contributed by atoms with Crippen molar-refractivity contribution in [2.24, 2.45) is 0 Å². The van der Waals surface area contributed by atoms with Crippen LogP contribution < -0.4 is 10.6 Å². The molecular weight excluding hydrogens is 271 g/mol. The molecule has 0 fully saturated rings. The molecule has 1 amide bonds. The van der Waals surface area contributed by atoms with Gasteiger partial charge in [0.15, 0.2) is 0 Å². The third-order valence-electron chi connectivity index (χ3n) is 3.38. The fourth-order valence-corrected chi connectivity index (χ4v) is 2.32. The van der Waals surface area contributed by atoms with Crippen molar-refractivity contribution in [1.29, 1.82) is 0 Å².